The maximum Gasteiger partial charge on any atom is 0.191 e. The first-order valence-corrected chi connectivity index (χ1v) is 10.4. The third-order valence-corrected chi connectivity index (χ3v) is 5.91. The van der Waals surface area contributed by atoms with Crippen molar-refractivity contribution in [2.24, 2.45) is 0 Å². The number of ether oxygens (including phenoxy) is 1. The van der Waals surface area contributed by atoms with Gasteiger partial charge in [-0.1, -0.05) is 17.8 Å². The molecule has 1 saturated carbocycles. The Morgan fingerprint density at radius 1 is 1.23 bits per heavy atom. The largest absolute Gasteiger partial charge is 0.493 e. The maximum absolute atomic E-state index is 8.82. The highest BCUT2D eigenvalue weighted by Gasteiger charge is 2.29. The van der Waals surface area contributed by atoms with Gasteiger partial charge in [-0.05, 0) is 48.6 Å². The Labute approximate surface area is 160 Å². The predicted molar refractivity (Wildman–Crippen MR) is 103 cm³/mol. The van der Waals surface area contributed by atoms with Crippen LogP contribution < -0.4 is 4.74 Å². The molecule has 7 heteroatoms. The Morgan fingerprint density at radius 3 is 2.77 bits per heavy atom. The molecule has 1 aromatic carbocycles. The second kappa shape index (κ2) is 7.94. The van der Waals surface area contributed by atoms with E-state index in [-0.39, 0.29) is 0 Å². The first-order chi connectivity index (χ1) is 12.8. The summed E-state index contributed by atoms with van der Waals surface area (Å²) in [6.45, 7) is 0.592. The molecule has 0 amide bonds. The summed E-state index contributed by atoms with van der Waals surface area (Å²) in [7, 11) is 0. The fraction of sp³-hybridized carbons (Fsp3) is 0.316. The molecule has 26 heavy (non-hydrogen) atoms. The molecule has 0 saturated heterocycles. The molecule has 0 bridgehead atoms. The molecule has 3 aromatic rings. The van der Waals surface area contributed by atoms with Crippen molar-refractivity contribution < 1.29 is 4.74 Å². The third kappa shape index (κ3) is 4.09. The quantitative estimate of drug-likeness (QED) is 0.429. The minimum absolute atomic E-state index is 0.557. The Balaban J connectivity index is 1.34. The molecule has 4 rings (SSSR count). The second-order valence-electron chi connectivity index (χ2n) is 6.09. The first kappa shape index (κ1) is 17.1. The number of hydrogen-bond donors (Lipinski definition) is 0. The zero-order valence-corrected chi connectivity index (χ0v) is 15.8. The van der Waals surface area contributed by atoms with Gasteiger partial charge in [0.25, 0.3) is 0 Å². The summed E-state index contributed by atoms with van der Waals surface area (Å²) in [4.78, 5) is 1.32. The number of thioether (sulfide) groups is 1. The van der Waals surface area contributed by atoms with Crippen LogP contribution in [0.2, 0.25) is 0 Å². The number of nitriles is 1. The van der Waals surface area contributed by atoms with E-state index in [2.05, 4.69) is 38.3 Å². The van der Waals surface area contributed by atoms with Gasteiger partial charge in [0.05, 0.1) is 18.2 Å². The van der Waals surface area contributed by atoms with Gasteiger partial charge in [0, 0.05) is 23.1 Å². The lowest BCUT2D eigenvalue weighted by molar-refractivity contribution is 0.344. The Hall–Kier alpha value is -2.30. The summed E-state index contributed by atoms with van der Waals surface area (Å²) in [5.74, 6) is 2.65. The minimum Gasteiger partial charge on any atom is -0.493 e. The summed E-state index contributed by atoms with van der Waals surface area (Å²) in [5, 5.41) is 20.8. The van der Waals surface area contributed by atoms with Crippen LogP contribution in [-0.4, -0.2) is 27.1 Å². The maximum atomic E-state index is 8.82. The molecule has 2 heterocycles. The topological polar surface area (TPSA) is 63.7 Å². The van der Waals surface area contributed by atoms with Gasteiger partial charge in [0.1, 0.15) is 11.6 Å². The van der Waals surface area contributed by atoms with E-state index in [9.17, 15) is 0 Å². The average Bonchev–Trinajstić information content (AvgIpc) is 3.22. The minimum atomic E-state index is 0.557. The SMILES string of the molecule is N#Cc1ccc(OCCSc2nnc(Cc3cccs3)n2C2CC2)cc1. The van der Waals surface area contributed by atoms with Crippen LogP contribution in [0.25, 0.3) is 0 Å². The van der Waals surface area contributed by atoms with Crippen LogP contribution in [0.4, 0.5) is 0 Å². The summed E-state index contributed by atoms with van der Waals surface area (Å²) in [5.41, 5.74) is 0.641. The van der Waals surface area contributed by atoms with Crippen molar-refractivity contribution >= 4 is 23.1 Å². The van der Waals surface area contributed by atoms with Crippen molar-refractivity contribution in [3.8, 4) is 11.8 Å². The number of benzene rings is 1. The first-order valence-electron chi connectivity index (χ1n) is 8.55. The van der Waals surface area contributed by atoms with Crippen LogP contribution in [0.3, 0.4) is 0 Å². The molecule has 2 aromatic heterocycles. The monoisotopic (exact) mass is 382 g/mol. The average molecular weight is 383 g/mol. The van der Waals surface area contributed by atoms with Crippen molar-refractivity contribution in [2.75, 3.05) is 12.4 Å². The predicted octanol–water partition coefficient (Wildman–Crippen LogP) is 4.31. The van der Waals surface area contributed by atoms with E-state index in [1.54, 1.807) is 35.2 Å². The molecule has 0 aliphatic heterocycles. The number of thiophene rings is 1. The third-order valence-electron chi connectivity index (χ3n) is 4.13. The van der Waals surface area contributed by atoms with Crippen molar-refractivity contribution in [3.63, 3.8) is 0 Å². The molecular weight excluding hydrogens is 364 g/mol. The van der Waals surface area contributed by atoms with Gasteiger partial charge >= 0.3 is 0 Å². The van der Waals surface area contributed by atoms with Crippen molar-refractivity contribution in [2.45, 2.75) is 30.5 Å². The lowest BCUT2D eigenvalue weighted by Crippen LogP contribution is -2.05. The van der Waals surface area contributed by atoms with E-state index in [0.717, 1.165) is 28.9 Å². The second-order valence-corrected chi connectivity index (χ2v) is 8.18. The highest BCUT2D eigenvalue weighted by molar-refractivity contribution is 7.99. The van der Waals surface area contributed by atoms with Crippen LogP contribution in [0.1, 0.15) is 35.1 Å². The number of rotatable bonds is 8. The Kier molecular flexibility index (Phi) is 5.23. The number of nitrogens with zero attached hydrogens (tertiary/aromatic N) is 4. The lowest BCUT2D eigenvalue weighted by atomic mass is 10.2. The fourth-order valence-corrected chi connectivity index (χ4v) is 4.26. The van der Waals surface area contributed by atoms with Crippen LogP contribution in [0, 0.1) is 11.3 Å². The van der Waals surface area contributed by atoms with Crippen LogP contribution >= 0.6 is 23.1 Å². The van der Waals surface area contributed by atoms with E-state index in [1.165, 1.54) is 17.7 Å². The molecule has 0 atom stereocenters. The van der Waals surface area contributed by atoms with Gasteiger partial charge in [0.2, 0.25) is 0 Å². The van der Waals surface area contributed by atoms with Crippen LogP contribution in [-0.2, 0) is 6.42 Å². The summed E-state index contributed by atoms with van der Waals surface area (Å²) in [6.07, 6.45) is 3.28. The van der Waals surface area contributed by atoms with Gasteiger partial charge in [-0.25, -0.2) is 0 Å². The molecule has 0 radical (unpaired) electrons. The lowest BCUT2D eigenvalue weighted by Gasteiger charge is -2.09. The molecular formula is C19H18N4OS2. The highest BCUT2D eigenvalue weighted by Crippen LogP contribution is 2.39. The van der Waals surface area contributed by atoms with Crippen molar-refractivity contribution in [1.29, 1.82) is 5.26 Å². The van der Waals surface area contributed by atoms with Gasteiger partial charge < -0.3 is 9.30 Å². The van der Waals surface area contributed by atoms with Crippen LogP contribution in [0.5, 0.6) is 5.75 Å². The van der Waals surface area contributed by atoms with Crippen molar-refractivity contribution in [1.82, 2.24) is 14.8 Å². The van der Waals surface area contributed by atoms with E-state index in [0.29, 0.717) is 18.2 Å². The number of hydrogen-bond acceptors (Lipinski definition) is 6. The van der Waals surface area contributed by atoms with Gasteiger partial charge in [-0.3, -0.25) is 0 Å². The zero-order chi connectivity index (χ0) is 17.8. The van der Waals surface area contributed by atoms with Crippen molar-refractivity contribution in [3.05, 3.63) is 58.0 Å². The molecule has 1 aliphatic carbocycles. The Morgan fingerprint density at radius 2 is 2.08 bits per heavy atom. The summed E-state index contributed by atoms with van der Waals surface area (Å²) < 4.78 is 8.06. The van der Waals surface area contributed by atoms with Gasteiger partial charge in [0.15, 0.2) is 5.16 Å². The Bertz CT molecular complexity index is 893. The summed E-state index contributed by atoms with van der Waals surface area (Å²) >= 11 is 3.45. The van der Waals surface area contributed by atoms with E-state index >= 15 is 0 Å². The van der Waals surface area contributed by atoms with E-state index in [1.807, 2.05) is 12.1 Å². The van der Waals surface area contributed by atoms with Gasteiger partial charge in [-0.2, -0.15) is 5.26 Å². The fourth-order valence-electron chi connectivity index (χ4n) is 2.71. The molecule has 0 spiro atoms. The molecule has 5 nitrogen and oxygen atoms in total. The number of aromatic nitrogens is 3. The normalized spacial score (nSPS) is 13.5. The molecule has 132 valence electrons. The van der Waals surface area contributed by atoms with E-state index in [4.69, 9.17) is 10.00 Å². The summed E-state index contributed by atoms with van der Waals surface area (Å²) in [6, 6.07) is 14.1. The molecule has 0 N–H and O–H groups in total. The molecule has 1 fully saturated rings. The highest BCUT2D eigenvalue weighted by atomic mass is 32.2. The standard InChI is InChI=1S/C19H18N4OS2/c20-13-14-3-7-16(8-4-14)24-9-11-26-19-22-21-18(23(19)15-5-6-15)12-17-2-1-10-25-17/h1-4,7-8,10,15H,5-6,9,11-12H2. The van der Waals surface area contributed by atoms with Gasteiger partial charge in [-0.15, -0.1) is 21.5 Å². The van der Waals surface area contributed by atoms with E-state index < -0.39 is 0 Å². The molecule has 1 aliphatic rings. The van der Waals surface area contributed by atoms with Crippen LogP contribution in [0.15, 0.2) is 46.9 Å². The zero-order valence-electron chi connectivity index (χ0n) is 14.2. The smallest absolute Gasteiger partial charge is 0.191 e. The molecule has 0 unspecified atom stereocenters.